The van der Waals surface area contributed by atoms with E-state index in [4.69, 9.17) is 0 Å². The zero-order valence-electron chi connectivity index (χ0n) is 13.5. The molecule has 0 saturated heterocycles. The van der Waals surface area contributed by atoms with E-state index in [9.17, 15) is 4.79 Å². The summed E-state index contributed by atoms with van der Waals surface area (Å²) < 4.78 is 3.87. The average Bonchev–Trinajstić information content (AvgIpc) is 3.17. The number of aryl methyl sites for hydroxylation is 3. The molecule has 3 aromatic heterocycles. The maximum atomic E-state index is 12.6. The van der Waals surface area contributed by atoms with Gasteiger partial charge in [-0.2, -0.15) is 0 Å². The van der Waals surface area contributed by atoms with Crippen LogP contribution in [-0.4, -0.2) is 31.4 Å². The van der Waals surface area contributed by atoms with Crippen LogP contribution in [0.2, 0.25) is 0 Å². The molecule has 0 aliphatic heterocycles. The molecule has 6 heteroatoms. The quantitative estimate of drug-likeness (QED) is 0.710. The Hall–Kier alpha value is -2.63. The molecule has 0 radical (unpaired) electrons. The molecule has 23 heavy (non-hydrogen) atoms. The van der Waals surface area contributed by atoms with E-state index >= 15 is 0 Å². The van der Waals surface area contributed by atoms with E-state index in [2.05, 4.69) is 15.3 Å². The number of rotatable bonds is 6. The number of fused-ring (bicyclic) bond motifs is 1. The highest BCUT2D eigenvalue weighted by Crippen LogP contribution is 2.15. The van der Waals surface area contributed by atoms with Crippen molar-refractivity contribution in [2.45, 2.75) is 33.2 Å². The first-order valence-corrected chi connectivity index (χ1v) is 7.90. The first-order valence-electron chi connectivity index (χ1n) is 7.90. The van der Waals surface area contributed by atoms with Crippen LogP contribution in [0.4, 0.5) is 0 Å². The van der Waals surface area contributed by atoms with Crippen molar-refractivity contribution in [3.05, 3.63) is 54.0 Å². The summed E-state index contributed by atoms with van der Waals surface area (Å²) in [5.74, 6) is -0.0659. The Morgan fingerprint density at radius 3 is 2.96 bits per heavy atom. The lowest BCUT2D eigenvalue weighted by atomic mass is 10.2. The van der Waals surface area contributed by atoms with Gasteiger partial charge in [0, 0.05) is 31.7 Å². The van der Waals surface area contributed by atoms with Crippen LogP contribution in [0.15, 0.2) is 37.1 Å². The van der Waals surface area contributed by atoms with E-state index < -0.39 is 0 Å². The second-order valence-electron chi connectivity index (χ2n) is 5.60. The summed E-state index contributed by atoms with van der Waals surface area (Å²) in [6.07, 6.45) is 8.97. The highest BCUT2D eigenvalue weighted by Gasteiger charge is 2.17. The van der Waals surface area contributed by atoms with Crippen molar-refractivity contribution in [3.8, 4) is 0 Å². The molecule has 0 spiro atoms. The third-order valence-corrected chi connectivity index (χ3v) is 3.84. The van der Waals surface area contributed by atoms with Crippen molar-refractivity contribution in [1.29, 1.82) is 0 Å². The summed E-state index contributed by atoms with van der Waals surface area (Å²) in [5.41, 5.74) is 3.44. The lowest BCUT2D eigenvalue weighted by Crippen LogP contribution is -2.27. The van der Waals surface area contributed by atoms with Crippen molar-refractivity contribution < 1.29 is 4.79 Å². The summed E-state index contributed by atoms with van der Waals surface area (Å²) in [6, 6.07) is 3.99. The number of nitrogens with one attached hydrogen (secondary N) is 1. The van der Waals surface area contributed by atoms with Gasteiger partial charge in [0.15, 0.2) is 0 Å². The number of carbonyl (C=O) groups excluding carboxylic acids is 1. The molecule has 3 heterocycles. The minimum atomic E-state index is -0.0659. The Bertz CT molecular complexity index is 804. The van der Waals surface area contributed by atoms with Crippen molar-refractivity contribution in [1.82, 2.24) is 24.3 Å². The predicted octanol–water partition coefficient (Wildman–Crippen LogP) is 2.22. The molecule has 0 aromatic carbocycles. The lowest BCUT2D eigenvalue weighted by Gasteiger charge is -2.07. The summed E-state index contributed by atoms with van der Waals surface area (Å²) in [7, 11) is 0. The van der Waals surface area contributed by atoms with Crippen LogP contribution >= 0.6 is 0 Å². The fourth-order valence-electron chi connectivity index (χ4n) is 2.65. The Morgan fingerprint density at radius 1 is 1.35 bits per heavy atom. The van der Waals surface area contributed by atoms with Gasteiger partial charge in [0.1, 0.15) is 11.3 Å². The number of aromatic nitrogens is 4. The van der Waals surface area contributed by atoms with Gasteiger partial charge in [0.2, 0.25) is 0 Å². The second-order valence-corrected chi connectivity index (χ2v) is 5.60. The highest BCUT2D eigenvalue weighted by atomic mass is 16.1. The smallest absolute Gasteiger partial charge is 0.270 e. The average molecular weight is 311 g/mol. The van der Waals surface area contributed by atoms with Gasteiger partial charge in [-0.05, 0) is 37.5 Å². The maximum Gasteiger partial charge on any atom is 0.270 e. The monoisotopic (exact) mass is 311 g/mol. The third kappa shape index (κ3) is 3.26. The Kier molecular flexibility index (Phi) is 4.41. The Morgan fingerprint density at radius 2 is 2.22 bits per heavy atom. The summed E-state index contributed by atoms with van der Waals surface area (Å²) in [5, 5.41) is 3.00. The van der Waals surface area contributed by atoms with Crippen LogP contribution in [0.3, 0.4) is 0 Å². The Balaban J connectivity index is 1.70. The van der Waals surface area contributed by atoms with Gasteiger partial charge in [-0.15, -0.1) is 0 Å². The molecule has 120 valence electrons. The highest BCUT2D eigenvalue weighted by molar-refractivity contribution is 5.94. The molecule has 0 aliphatic rings. The van der Waals surface area contributed by atoms with Crippen LogP contribution in [0.5, 0.6) is 0 Å². The molecule has 3 rings (SSSR count). The van der Waals surface area contributed by atoms with Crippen LogP contribution in [0.1, 0.15) is 35.1 Å². The standard InChI is InChI=1S/C17H21N5O/c1-3-14-16(22-9-5-13(2)11-15(22)20-14)17(23)19-6-4-8-21-10-7-18-12-21/h5,7,9-12H,3-4,6,8H2,1-2H3,(H,19,23). The molecule has 0 bridgehead atoms. The summed E-state index contributed by atoms with van der Waals surface area (Å²) in [6.45, 7) is 5.51. The van der Waals surface area contributed by atoms with Crippen LogP contribution < -0.4 is 5.32 Å². The molecule has 0 atom stereocenters. The van der Waals surface area contributed by atoms with Crippen LogP contribution in [-0.2, 0) is 13.0 Å². The maximum absolute atomic E-state index is 12.6. The molecule has 1 N–H and O–H groups in total. The van der Waals surface area contributed by atoms with Gasteiger partial charge in [0.05, 0.1) is 12.0 Å². The largest absolute Gasteiger partial charge is 0.351 e. The zero-order chi connectivity index (χ0) is 16.2. The van der Waals surface area contributed by atoms with Crippen molar-refractivity contribution >= 4 is 11.6 Å². The number of pyridine rings is 1. The molecule has 1 amide bonds. The molecule has 0 fully saturated rings. The van der Waals surface area contributed by atoms with E-state index in [0.717, 1.165) is 36.3 Å². The van der Waals surface area contributed by atoms with E-state index in [1.165, 1.54) is 0 Å². The topological polar surface area (TPSA) is 64.2 Å². The van der Waals surface area contributed by atoms with Gasteiger partial charge in [-0.1, -0.05) is 6.92 Å². The first kappa shape index (κ1) is 15.3. The molecule has 3 aromatic rings. The van der Waals surface area contributed by atoms with Crippen molar-refractivity contribution in [3.63, 3.8) is 0 Å². The van der Waals surface area contributed by atoms with Crippen molar-refractivity contribution in [2.75, 3.05) is 6.54 Å². The molecule has 0 aliphatic carbocycles. The normalized spacial score (nSPS) is 11.0. The number of hydrogen-bond donors (Lipinski definition) is 1. The molecular weight excluding hydrogens is 290 g/mol. The molecule has 0 saturated carbocycles. The molecule has 0 unspecified atom stereocenters. The zero-order valence-corrected chi connectivity index (χ0v) is 13.5. The van der Waals surface area contributed by atoms with Gasteiger partial charge >= 0.3 is 0 Å². The number of nitrogens with zero attached hydrogens (tertiary/aromatic N) is 4. The first-order chi connectivity index (χ1) is 11.2. The molecule has 6 nitrogen and oxygen atoms in total. The minimum absolute atomic E-state index is 0.0659. The summed E-state index contributed by atoms with van der Waals surface area (Å²) >= 11 is 0. The van der Waals surface area contributed by atoms with Crippen molar-refractivity contribution in [2.24, 2.45) is 0 Å². The predicted molar refractivity (Wildman–Crippen MR) is 88.5 cm³/mol. The van der Waals surface area contributed by atoms with E-state index in [0.29, 0.717) is 12.2 Å². The number of imidazole rings is 2. The third-order valence-electron chi connectivity index (χ3n) is 3.84. The van der Waals surface area contributed by atoms with E-state index in [-0.39, 0.29) is 5.91 Å². The van der Waals surface area contributed by atoms with Crippen LogP contribution in [0.25, 0.3) is 5.65 Å². The van der Waals surface area contributed by atoms with E-state index in [1.807, 2.05) is 47.3 Å². The van der Waals surface area contributed by atoms with Gasteiger partial charge in [0.25, 0.3) is 5.91 Å². The SMILES string of the molecule is CCc1nc2cc(C)ccn2c1C(=O)NCCCn1ccnc1. The number of hydrogen-bond acceptors (Lipinski definition) is 3. The second kappa shape index (κ2) is 6.64. The minimum Gasteiger partial charge on any atom is -0.351 e. The molecular formula is C17H21N5O. The van der Waals surface area contributed by atoms with Gasteiger partial charge in [-0.3, -0.25) is 9.20 Å². The van der Waals surface area contributed by atoms with Crippen LogP contribution in [0, 0.1) is 6.92 Å². The Labute approximate surface area is 135 Å². The fourth-order valence-corrected chi connectivity index (χ4v) is 2.65. The number of amides is 1. The lowest BCUT2D eigenvalue weighted by molar-refractivity contribution is 0.0946. The van der Waals surface area contributed by atoms with Gasteiger partial charge < -0.3 is 9.88 Å². The van der Waals surface area contributed by atoms with Gasteiger partial charge in [-0.25, -0.2) is 9.97 Å². The van der Waals surface area contributed by atoms with E-state index in [1.54, 1.807) is 12.5 Å². The summed E-state index contributed by atoms with van der Waals surface area (Å²) in [4.78, 5) is 21.1. The number of carbonyl (C=O) groups is 1. The fraction of sp³-hybridized carbons (Fsp3) is 0.353.